The van der Waals surface area contributed by atoms with Crippen LogP contribution in [0.2, 0.25) is 0 Å². The van der Waals surface area contributed by atoms with Crippen molar-refractivity contribution in [1.82, 2.24) is 0 Å². The van der Waals surface area contributed by atoms with Crippen molar-refractivity contribution in [2.24, 2.45) is 0 Å². The minimum Gasteiger partial charge on any atom is -1.00 e. The van der Waals surface area contributed by atoms with Gasteiger partial charge in [-0.15, -0.1) is 0 Å². The van der Waals surface area contributed by atoms with Crippen molar-refractivity contribution >= 4 is 0 Å². The van der Waals surface area contributed by atoms with Crippen molar-refractivity contribution in [3.05, 3.63) is 21.1 Å². The Balaban J connectivity index is 0. The van der Waals surface area contributed by atoms with E-state index in [1.807, 2.05) is 0 Å². The zero-order chi connectivity index (χ0) is 6.15. The molecule has 55 valence electrons. The van der Waals surface area contributed by atoms with Gasteiger partial charge in [0, 0.05) is 0 Å². The van der Waals surface area contributed by atoms with Gasteiger partial charge >= 0.3 is 61.8 Å². The van der Waals surface area contributed by atoms with Gasteiger partial charge in [-0.2, -0.15) is 0 Å². The Morgan fingerprint density at radius 3 is 1.90 bits per heavy atom. The largest absolute Gasteiger partial charge is 1.00 e. The van der Waals surface area contributed by atoms with Crippen LogP contribution in [0.5, 0.6) is 0 Å². The third kappa shape index (κ3) is 2.80. The Hall–Kier alpha value is 0.774. The Kier molecular flexibility index (Phi) is 7.26. The summed E-state index contributed by atoms with van der Waals surface area (Å²) < 4.78 is 1.49. The van der Waals surface area contributed by atoms with Crippen LogP contribution in [0.4, 0.5) is 0 Å². The summed E-state index contributed by atoms with van der Waals surface area (Å²) in [5, 5.41) is 0. The molecular weight excluding hydrogens is 203 g/mol. The Morgan fingerprint density at radius 1 is 1.30 bits per heavy atom. The molecular formula is C7H9Cl2Ti. The predicted octanol–water partition coefficient (Wildman–Crippen LogP) is -3.83. The molecule has 0 bridgehead atoms. The molecule has 0 unspecified atom stereocenters. The van der Waals surface area contributed by atoms with E-state index in [1.165, 1.54) is 21.4 Å². The summed E-state index contributed by atoms with van der Waals surface area (Å²) >= 11 is 2.19. The maximum absolute atomic E-state index is 2.28. The summed E-state index contributed by atoms with van der Waals surface area (Å²) in [6, 6.07) is 0. The summed E-state index contributed by atoms with van der Waals surface area (Å²) in [4.78, 5) is 0. The fraction of sp³-hybridized carbons (Fsp3) is 0.429. The fourth-order valence-corrected chi connectivity index (χ4v) is 1.17. The molecule has 0 amide bonds. The van der Waals surface area contributed by atoms with Crippen LogP contribution in [0.1, 0.15) is 20.3 Å². The maximum Gasteiger partial charge on any atom is -1.00 e. The quantitative estimate of drug-likeness (QED) is 0.361. The Morgan fingerprint density at radius 2 is 1.80 bits per heavy atom. The second-order valence-electron chi connectivity index (χ2n) is 2.25. The third-order valence-electron chi connectivity index (χ3n) is 1.54. The molecule has 0 atom stereocenters. The molecule has 1 aliphatic rings. The molecule has 0 saturated carbocycles. The van der Waals surface area contributed by atoms with Gasteiger partial charge < -0.3 is 24.8 Å². The predicted molar refractivity (Wildman–Crippen MR) is 31.1 cm³/mol. The van der Waals surface area contributed by atoms with Crippen LogP contribution in [0, 0.1) is 0 Å². The van der Waals surface area contributed by atoms with Crippen LogP contribution in [0.3, 0.4) is 0 Å². The number of halogens is 2. The summed E-state index contributed by atoms with van der Waals surface area (Å²) in [5.41, 5.74) is 2.99. The summed E-state index contributed by atoms with van der Waals surface area (Å²) in [7, 11) is 0. The van der Waals surface area contributed by atoms with Crippen LogP contribution in [0.25, 0.3) is 0 Å². The van der Waals surface area contributed by atoms with E-state index in [0.29, 0.717) is 0 Å². The minimum atomic E-state index is 0. The van der Waals surface area contributed by atoms with Gasteiger partial charge in [0.25, 0.3) is 0 Å². The zero-order valence-corrected chi connectivity index (χ0v) is 9.11. The molecule has 0 fully saturated rings. The van der Waals surface area contributed by atoms with Crippen molar-refractivity contribution < 1.29 is 45.2 Å². The first kappa shape index (κ1) is 13.4. The number of allylic oxidation sites excluding steroid dienone is 4. The Labute approximate surface area is 86.4 Å². The molecule has 0 aromatic carbocycles. The van der Waals surface area contributed by atoms with E-state index in [-0.39, 0.29) is 24.8 Å². The molecule has 0 saturated heterocycles. The van der Waals surface area contributed by atoms with E-state index in [2.05, 4.69) is 40.4 Å². The van der Waals surface area contributed by atoms with E-state index < -0.39 is 0 Å². The molecule has 0 aliphatic heterocycles. The molecule has 0 N–H and O–H groups in total. The minimum absolute atomic E-state index is 0. The first-order valence-corrected chi connectivity index (χ1v) is 3.58. The summed E-state index contributed by atoms with van der Waals surface area (Å²) in [6.07, 6.45) is 3.46. The van der Waals surface area contributed by atoms with Gasteiger partial charge in [0.15, 0.2) is 0 Å². The molecule has 10 heavy (non-hydrogen) atoms. The average molecular weight is 212 g/mol. The monoisotopic (exact) mass is 211 g/mol. The maximum atomic E-state index is 2.28. The standard InChI is InChI=1S/C7H9.2ClH.Ti/c1-6-3-4-7(2)5-6;;;/h3H,4H2,1-2H3;2*1H;/q;;;+2/p-2. The molecule has 1 aliphatic carbocycles. The van der Waals surface area contributed by atoms with Gasteiger partial charge in [-0.1, -0.05) is 0 Å². The van der Waals surface area contributed by atoms with Crippen molar-refractivity contribution in [3.8, 4) is 0 Å². The number of rotatable bonds is 0. The second kappa shape index (κ2) is 5.43. The molecule has 0 spiro atoms. The van der Waals surface area contributed by atoms with Gasteiger partial charge in [0.05, 0.1) is 0 Å². The van der Waals surface area contributed by atoms with E-state index >= 15 is 0 Å². The van der Waals surface area contributed by atoms with Crippen molar-refractivity contribution in [3.63, 3.8) is 0 Å². The summed E-state index contributed by atoms with van der Waals surface area (Å²) in [6.45, 7) is 4.37. The van der Waals surface area contributed by atoms with Crippen molar-refractivity contribution in [1.29, 1.82) is 0 Å². The van der Waals surface area contributed by atoms with E-state index in [9.17, 15) is 0 Å². The van der Waals surface area contributed by atoms with Crippen LogP contribution in [-0.4, -0.2) is 0 Å². The van der Waals surface area contributed by atoms with Gasteiger partial charge in [-0.05, 0) is 0 Å². The van der Waals surface area contributed by atoms with Crippen LogP contribution < -0.4 is 24.8 Å². The van der Waals surface area contributed by atoms with E-state index in [4.69, 9.17) is 0 Å². The Bertz CT molecular complexity index is 165. The van der Waals surface area contributed by atoms with Gasteiger partial charge in [0.1, 0.15) is 0 Å². The van der Waals surface area contributed by atoms with Gasteiger partial charge in [-0.25, -0.2) is 0 Å². The van der Waals surface area contributed by atoms with Crippen molar-refractivity contribution in [2.45, 2.75) is 20.3 Å². The SMILES string of the molecule is CC1=CCC(C)=[C]1[Ti+2].[Cl-].[Cl-]. The smallest absolute Gasteiger partial charge is 1.00 e. The summed E-state index contributed by atoms with van der Waals surface area (Å²) in [5.74, 6) is 0. The number of hydrogen-bond donors (Lipinski definition) is 0. The first-order chi connectivity index (χ1) is 3.72. The molecule has 0 heterocycles. The fourth-order valence-electron chi connectivity index (χ4n) is 0.847. The van der Waals surface area contributed by atoms with Gasteiger partial charge in [-0.3, -0.25) is 0 Å². The first-order valence-electron chi connectivity index (χ1n) is 2.80. The van der Waals surface area contributed by atoms with Crippen LogP contribution >= 0.6 is 0 Å². The normalized spacial score (nSPS) is 15.8. The molecule has 0 aromatic heterocycles. The second-order valence-corrected chi connectivity index (χ2v) is 3.03. The third-order valence-corrected chi connectivity index (χ3v) is 2.82. The molecule has 0 nitrogen and oxygen atoms in total. The zero-order valence-electron chi connectivity index (χ0n) is 6.04. The van der Waals surface area contributed by atoms with E-state index in [0.717, 1.165) is 0 Å². The average Bonchev–Trinajstić information content (AvgIpc) is 1.98. The van der Waals surface area contributed by atoms with Crippen molar-refractivity contribution in [2.75, 3.05) is 0 Å². The molecule has 0 radical (unpaired) electrons. The van der Waals surface area contributed by atoms with Crippen LogP contribution in [-0.2, 0) is 20.4 Å². The molecule has 1 rings (SSSR count). The number of hydrogen-bond acceptors (Lipinski definition) is 0. The van der Waals surface area contributed by atoms with E-state index in [1.54, 1.807) is 0 Å². The van der Waals surface area contributed by atoms with Gasteiger partial charge in [0.2, 0.25) is 0 Å². The molecule has 3 heteroatoms. The topological polar surface area (TPSA) is 0 Å². The molecule has 0 aromatic rings. The van der Waals surface area contributed by atoms with Crippen LogP contribution in [0.15, 0.2) is 21.1 Å².